The molecule has 8 heteroatoms. The minimum absolute atomic E-state index is 0.124. The Balaban J connectivity index is 1.41. The zero-order chi connectivity index (χ0) is 20.9. The van der Waals surface area contributed by atoms with Gasteiger partial charge in [0.1, 0.15) is 9.71 Å². The minimum atomic E-state index is -0.265. The van der Waals surface area contributed by atoms with Gasteiger partial charge in [-0.2, -0.15) is 0 Å². The predicted octanol–water partition coefficient (Wildman–Crippen LogP) is 5.31. The van der Waals surface area contributed by atoms with Gasteiger partial charge >= 0.3 is 6.03 Å². The summed E-state index contributed by atoms with van der Waals surface area (Å²) in [5, 5.41) is 6.94. The Morgan fingerprint density at radius 2 is 1.90 bits per heavy atom. The van der Waals surface area contributed by atoms with E-state index in [0.29, 0.717) is 16.5 Å². The fraction of sp³-hybridized carbons (Fsp3) is 0.391. The molecular formula is C23H23N5O2S. The molecule has 0 atom stereocenters. The first-order chi connectivity index (χ1) is 15.2. The number of amides is 3. The van der Waals surface area contributed by atoms with Crippen molar-refractivity contribution in [2.24, 2.45) is 0 Å². The van der Waals surface area contributed by atoms with E-state index in [1.807, 2.05) is 18.2 Å². The van der Waals surface area contributed by atoms with Crippen LogP contribution in [0.5, 0.6) is 0 Å². The van der Waals surface area contributed by atoms with Gasteiger partial charge in [-0.25, -0.2) is 9.78 Å². The molecule has 3 amide bonds. The third kappa shape index (κ3) is 3.08. The first-order valence-corrected chi connectivity index (χ1v) is 11.8. The van der Waals surface area contributed by atoms with Gasteiger partial charge in [0.05, 0.1) is 22.4 Å². The molecular weight excluding hydrogens is 410 g/mol. The van der Waals surface area contributed by atoms with Crippen LogP contribution < -0.4 is 15.5 Å². The normalized spacial score (nSPS) is 18.8. The Morgan fingerprint density at radius 1 is 1.10 bits per heavy atom. The van der Waals surface area contributed by atoms with Gasteiger partial charge in [-0.1, -0.05) is 19.3 Å². The molecule has 158 valence electrons. The molecule has 7 nitrogen and oxygen atoms in total. The predicted molar refractivity (Wildman–Crippen MR) is 121 cm³/mol. The fourth-order valence-corrected chi connectivity index (χ4v) is 5.85. The van der Waals surface area contributed by atoms with Crippen molar-refractivity contribution in [1.29, 1.82) is 0 Å². The van der Waals surface area contributed by atoms with Gasteiger partial charge in [-0.15, -0.1) is 11.3 Å². The molecule has 1 aliphatic heterocycles. The summed E-state index contributed by atoms with van der Waals surface area (Å²) in [6.07, 6.45) is 11.3. The molecule has 3 aliphatic rings. The lowest BCUT2D eigenvalue weighted by atomic mass is 9.82. The third-order valence-electron chi connectivity index (χ3n) is 6.69. The lowest BCUT2D eigenvalue weighted by Gasteiger charge is -2.30. The van der Waals surface area contributed by atoms with Crippen LogP contribution in [0, 0.1) is 0 Å². The zero-order valence-corrected chi connectivity index (χ0v) is 17.9. The van der Waals surface area contributed by atoms with Crippen molar-refractivity contribution in [1.82, 2.24) is 15.3 Å². The maximum absolute atomic E-state index is 13.2. The molecule has 6 rings (SSSR count). The Kier molecular flexibility index (Phi) is 4.41. The topological polar surface area (TPSA) is 87.2 Å². The molecule has 0 unspecified atom stereocenters. The molecule has 3 aromatic rings. The second-order valence-corrected chi connectivity index (χ2v) is 9.60. The highest BCUT2D eigenvalue weighted by molar-refractivity contribution is 7.21. The number of rotatable bonds is 4. The maximum atomic E-state index is 13.2. The standard InChI is InChI=1S/C23H23N5O2S/c29-21(26-14-6-1-2-7-14)20-19-18-17(9-11-25-22(18)31-20)28(23(30)27-19)15-8-10-24-16(12-15)13-4-3-5-13/h8-14H,1-7H2,(H,26,29)(H,27,30). The SMILES string of the molecule is O=C(NC1CCCC1)c1sc2nccc3c2c1NC(=O)N3c1ccnc(C2CCC2)c1. The molecule has 2 saturated carbocycles. The van der Waals surface area contributed by atoms with Crippen LogP contribution in [0.15, 0.2) is 30.6 Å². The molecule has 2 N–H and O–H groups in total. The summed E-state index contributed by atoms with van der Waals surface area (Å²) >= 11 is 1.34. The molecule has 3 aromatic heterocycles. The van der Waals surface area contributed by atoms with Crippen molar-refractivity contribution in [3.05, 3.63) is 41.2 Å². The third-order valence-corrected chi connectivity index (χ3v) is 7.79. The van der Waals surface area contributed by atoms with Crippen molar-refractivity contribution in [3.8, 4) is 0 Å². The van der Waals surface area contributed by atoms with Crippen molar-refractivity contribution < 1.29 is 9.59 Å². The van der Waals surface area contributed by atoms with Crippen molar-refractivity contribution in [2.45, 2.75) is 56.9 Å². The number of carbonyl (C=O) groups excluding carboxylic acids is 2. The maximum Gasteiger partial charge on any atom is 0.331 e. The van der Waals surface area contributed by atoms with Crippen LogP contribution in [0.1, 0.15) is 66.2 Å². The number of pyridine rings is 2. The van der Waals surface area contributed by atoms with E-state index < -0.39 is 0 Å². The first kappa shape index (κ1) is 18.7. The molecule has 0 aromatic carbocycles. The lowest BCUT2D eigenvalue weighted by molar-refractivity contribution is 0.0943. The highest BCUT2D eigenvalue weighted by atomic mass is 32.1. The number of carbonyl (C=O) groups is 2. The van der Waals surface area contributed by atoms with Gasteiger partial charge in [0.2, 0.25) is 0 Å². The van der Waals surface area contributed by atoms with E-state index in [9.17, 15) is 9.59 Å². The molecule has 31 heavy (non-hydrogen) atoms. The van der Waals surface area contributed by atoms with E-state index in [1.165, 1.54) is 17.8 Å². The second-order valence-electron chi connectivity index (χ2n) is 8.60. The average molecular weight is 434 g/mol. The van der Waals surface area contributed by atoms with E-state index in [-0.39, 0.29) is 18.0 Å². The van der Waals surface area contributed by atoms with Crippen LogP contribution in [0.4, 0.5) is 21.9 Å². The van der Waals surface area contributed by atoms with Crippen molar-refractivity contribution in [2.75, 3.05) is 10.2 Å². The van der Waals surface area contributed by atoms with Gasteiger partial charge < -0.3 is 10.6 Å². The van der Waals surface area contributed by atoms with Crippen LogP contribution in [0.3, 0.4) is 0 Å². The number of aromatic nitrogens is 2. The summed E-state index contributed by atoms with van der Waals surface area (Å²) in [5.74, 6) is 0.355. The highest BCUT2D eigenvalue weighted by Crippen LogP contribution is 2.46. The number of nitrogens with zero attached hydrogens (tertiary/aromatic N) is 3. The van der Waals surface area contributed by atoms with Gasteiger partial charge in [0.15, 0.2) is 0 Å². The summed E-state index contributed by atoms with van der Waals surface area (Å²) in [4.78, 5) is 38.2. The molecule has 2 aliphatic carbocycles. The van der Waals surface area contributed by atoms with Gasteiger partial charge in [-0.05, 0) is 43.9 Å². The van der Waals surface area contributed by atoms with Gasteiger partial charge in [-0.3, -0.25) is 14.7 Å². The molecule has 0 spiro atoms. The number of thiophene rings is 1. The summed E-state index contributed by atoms with van der Waals surface area (Å²) in [6.45, 7) is 0. The number of nitrogens with one attached hydrogen (secondary N) is 2. The minimum Gasteiger partial charge on any atom is -0.349 e. The van der Waals surface area contributed by atoms with E-state index in [2.05, 4.69) is 20.6 Å². The number of hydrogen-bond acceptors (Lipinski definition) is 5. The quantitative estimate of drug-likeness (QED) is 0.583. The van der Waals surface area contributed by atoms with E-state index >= 15 is 0 Å². The molecule has 4 heterocycles. The summed E-state index contributed by atoms with van der Waals surface area (Å²) < 4.78 is 0. The number of urea groups is 1. The summed E-state index contributed by atoms with van der Waals surface area (Å²) in [6, 6.07) is 5.67. The first-order valence-electron chi connectivity index (χ1n) is 11.0. The van der Waals surface area contributed by atoms with Gasteiger partial charge in [0.25, 0.3) is 5.91 Å². The fourth-order valence-electron chi connectivity index (χ4n) is 4.82. The Morgan fingerprint density at radius 3 is 2.68 bits per heavy atom. The second kappa shape index (κ2) is 7.30. The van der Waals surface area contributed by atoms with Crippen LogP contribution >= 0.6 is 11.3 Å². The van der Waals surface area contributed by atoms with Crippen molar-refractivity contribution in [3.63, 3.8) is 0 Å². The van der Waals surface area contributed by atoms with E-state index in [1.54, 1.807) is 17.3 Å². The zero-order valence-electron chi connectivity index (χ0n) is 17.1. The van der Waals surface area contributed by atoms with Gasteiger partial charge in [0, 0.05) is 30.0 Å². The Labute approximate surface area is 183 Å². The average Bonchev–Trinajstić information content (AvgIpc) is 3.36. The molecule has 0 saturated heterocycles. The van der Waals surface area contributed by atoms with Crippen LogP contribution in [-0.2, 0) is 0 Å². The number of anilines is 3. The molecule has 0 bridgehead atoms. The monoisotopic (exact) mass is 433 g/mol. The van der Waals surface area contributed by atoms with Crippen LogP contribution in [0.2, 0.25) is 0 Å². The van der Waals surface area contributed by atoms with E-state index in [4.69, 9.17) is 0 Å². The smallest absolute Gasteiger partial charge is 0.331 e. The Hall–Kier alpha value is -3.00. The summed E-state index contributed by atoms with van der Waals surface area (Å²) in [5.41, 5.74) is 3.16. The Bertz CT molecular complexity index is 1200. The molecule has 2 fully saturated rings. The van der Waals surface area contributed by atoms with Crippen LogP contribution in [0.25, 0.3) is 10.2 Å². The lowest BCUT2D eigenvalue weighted by Crippen LogP contribution is -2.36. The number of hydrogen-bond donors (Lipinski definition) is 2. The molecule has 0 radical (unpaired) electrons. The van der Waals surface area contributed by atoms with Crippen molar-refractivity contribution >= 4 is 50.6 Å². The largest absolute Gasteiger partial charge is 0.349 e. The highest BCUT2D eigenvalue weighted by Gasteiger charge is 2.34. The van der Waals surface area contributed by atoms with Crippen LogP contribution in [-0.4, -0.2) is 27.9 Å². The van der Waals surface area contributed by atoms with E-state index in [0.717, 1.165) is 65.8 Å². The summed E-state index contributed by atoms with van der Waals surface area (Å²) in [7, 11) is 0.